The highest BCUT2D eigenvalue weighted by Crippen LogP contribution is 1.98. The highest BCUT2D eigenvalue weighted by Gasteiger charge is 2.17. The largest absolute Gasteiger partial charge is 0.480 e. The molecule has 0 amide bonds. The van der Waals surface area contributed by atoms with Crippen LogP contribution in [-0.2, 0) is 4.79 Å². The van der Waals surface area contributed by atoms with Crippen molar-refractivity contribution in [1.29, 1.82) is 0 Å². The normalized spacial score (nSPS) is 13.2. The molecule has 0 unspecified atom stereocenters. The molecule has 0 saturated carbocycles. The molecule has 1 atom stereocenters. The van der Waals surface area contributed by atoms with E-state index in [9.17, 15) is 13.6 Å². The average Bonchev–Trinajstić information content (AvgIpc) is 2.03. The smallest absolute Gasteiger partial charge is 0.320 e. The molecule has 6 heteroatoms. The minimum atomic E-state index is -2.53. The van der Waals surface area contributed by atoms with Gasteiger partial charge in [0.25, 0.3) is 6.43 Å². The molecule has 13 heavy (non-hydrogen) atoms. The monoisotopic (exact) mass is 196 g/mol. The lowest BCUT2D eigenvalue weighted by atomic mass is 10.1. The van der Waals surface area contributed by atoms with Crippen LogP contribution in [0.25, 0.3) is 0 Å². The van der Waals surface area contributed by atoms with Crippen molar-refractivity contribution in [1.82, 2.24) is 5.32 Å². The van der Waals surface area contributed by atoms with Crippen LogP contribution < -0.4 is 11.1 Å². The third-order valence-electron chi connectivity index (χ3n) is 1.51. The third kappa shape index (κ3) is 6.41. The topological polar surface area (TPSA) is 75.3 Å². The fourth-order valence-corrected chi connectivity index (χ4v) is 0.866. The Kier molecular flexibility index (Phi) is 6.34. The van der Waals surface area contributed by atoms with Crippen LogP contribution in [-0.4, -0.2) is 36.6 Å². The molecule has 0 aliphatic carbocycles. The summed E-state index contributed by atoms with van der Waals surface area (Å²) in [6, 6.07) is -0.919. The second-order valence-electron chi connectivity index (χ2n) is 2.62. The maximum absolute atomic E-state index is 11.7. The number of rotatable bonds is 7. The van der Waals surface area contributed by atoms with Gasteiger partial charge in [0.2, 0.25) is 0 Å². The number of carboxylic acid groups (broad SMARTS) is 1. The summed E-state index contributed by atoms with van der Waals surface area (Å²) in [5.74, 6) is -1.12. The average molecular weight is 196 g/mol. The first kappa shape index (κ1) is 12.2. The molecule has 0 rings (SSSR count). The van der Waals surface area contributed by atoms with E-state index in [1.807, 2.05) is 0 Å². The van der Waals surface area contributed by atoms with Crippen LogP contribution in [0.5, 0.6) is 0 Å². The zero-order valence-electron chi connectivity index (χ0n) is 7.17. The van der Waals surface area contributed by atoms with E-state index in [-0.39, 0.29) is 6.42 Å². The van der Waals surface area contributed by atoms with E-state index < -0.39 is 25.0 Å². The zero-order chi connectivity index (χ0) is 10.3. The second-order valence-corrected chi connectivity index (χ2v) is 2.62. The van der Waals surface area contributed by atoms with E-state index in [2.05, 4.69) is 5.32 Å². The van der Waals surface area contributed by atoms with Crippen LogP contribution in [0.15, 0.2) is 0 Å². The molecule has 0 bridgehead atoms. The Morgan fingerprint density at radius 3 is 2.54 bits per heavy atom. The van der Waals surface area contributed by atoms with E-state index in [0.717, 1.165) is 0 Å². The Balaban J connectivity index is 3.74. The van der Waals surface area contributed by atoms with Crippen molar-refractivity contribution in [2.75, 3.05) is 13.1 Å². The minimum Gasteiger partial charge on any atom is -0.480 e. The van der Waals surface area contributed by atoms with Crippen LogP contribution in [0.2, 0.25) is 0 Å². The molecule has 0 aromatic rings. The number of carbonyl (C=O) groups is 1. The van der Waals surface area contributed by atoms with Crippen LogP contribution in [0.3, 0.4) is 0 Å². The molecule has 0 aliphatic heterocycles. The first-order valence-corrected chi connectivity index (χ1v) is 4.02. The van der Waals surface area contributed by atoms with Crippen molar-refractivity contribution in [3.8, 4) is 0 Å². The van der Waals surface area contributed by atoms with Gasteiger partial charge in [-0.05, 0) is 19.4 Å². The fourth-order valence-electron chi connectivity index (χ4n) is 0.866. The van der Waals surface area contributed by atoms with Crippen molar-refractivity contribution in [3.63, 3.8) is 0 Å². The lowest BCUT2D eigenvalue weighted by Gasteiger charge is -2.12. The number of nitrogens with one attached hydrogen (secondary N) is 1. The Morgan fingerprint density at radius 1 is 1.54 bits per heavy atom. The highest BCUT2D eigenvalue weighted by molar-refractivity contribution is 5.73. The highest BCUT2D eigenvalue weighted by atomic mass is 19.3. The molecule has 0 aliphatic rings. The lowest BCUT2D eigenvalue weighted by Crippen LogP contribution is -2.39. The molecule has 4 nitrogen and oxygen atoms in total. The number of alkyl halides is 2. The molecular weight excluding hydrogens is 182 g/mol. The number of hydrogen-bond acceptors (Lipinski definition) is 3. The van der Waals surface area contributed by atoms with Gasteiger partial charge in [0.05, 0.1) is 6.54 Å². The van der Waals surface area contributed by atoms with E-state index in [0.29, 0.717) is 13.0 Å². The van der Waals surface area contributed by atoms with Gasteiger partial charge in [-0.25, -0.2) is 8.78 Å². The van der Waals surface area contributed by atoms with Gasteiger partial charge in [-0.3, -0.25) is 10.1 Å². The summed E-state index contributed by atoms with van der Waals surface area (Å²) in [7, 11) is 0. The third-order valence-corrected chi connectivity index (χ3v) is 1.51. The van der Waals surface area contributed by atoms with Gasteiger partial charge in [0, 0.05) is 0 Å². The van der Waals surface area contributed by atoms with E-state index in [4.69, 9.17) is 10.8 Å². The first-order valence-electron chi connectivity index (χ1n) is 4.02. The molecular formula is C7H14F2N2O2. The number of hydrogen-bond donors (Lipinski definition) is 3. The summed E-state index contributed by atoms with van der Waals surface area (Å²) in [5, 5.41) is 10.8. The van der Waals surface area contributed by atoms with Gasteiger partial charge in [-0.15, -0.1) is 0 Å². The van der Waals surface area contributed by atoms with Gasteiger partial charge in [-0.1, -0.05) is 0 Å². The standard InChI is InChI=1S/C7H14F2N2O2/c8-6(9)4-11-5(7(12)13)2-1-3-10/h5-6,11H,1-4,10H2,(H,12,13)/t5-/m0/s1. The SMILES string of the molecule is NCCC[C@H](NCC(F)F)C(=O)O. The van der Waals surface area contributed by atoms with Crippen LogP contribution >= 0.6 is 0 Å². The van der Waals surface area contributed by atoms with Crippen LogP contribution in [0.4, 0.5) is 8.78 Å². The maximum atomic E-state index is 11.7. The fraction of sp³-hybridized carbons (Fsp3) is 0.857. The lowest BCUT2D eigenvalue weighted by molar-refractivity contribution is -0.139. The van der Waals surface area contributed by atoms with Crippen molar-refractivity contribution < 1.29 is 18.7 Å². The summed E-state index contributed by atoms with van der Waals surface area (Å²) < 4.78 is 23.4. The molecule has 78 valence electrons. The van der Waals surface area contributed by atoms with Crippen molar-refractivity contribution in [2.45, 2.75) is 25.3 Å². The van der Waals surface area contributed by atoms with Crippen molar-refractivity contribution >= 4 is 5.97 Å². The maximum Gasteiger partial charge on any atom is 0.320 e. The van der Waals surface area contributed by atoms with Gasteiger partial charge >= 0.3 is 5.97 Å². The second kappa shape index (κ2) is 6.73. The number of aliphatic carboxylic acids is 1. The predicted octanol–water partition coefficient (Wildman–Crippen LogP) is 0.0332. The molecule has 0 fully saturated rings. The molecule has 0 aromatic carbocycles. The quantitative estimate of drug-likeness (QED) is 0.537. The van der Waals surface area contributed by atoms with E-state index in [1.54, 1.807) is 0 Å². The predicted molar refractivity (Wildman–Crippen MR) is 43.7 cm³/mol. The van der Waals surface area contributed by atoms with E-state index >= 15 is 0 Å². The van der Waals surface area contributed by atoms with E-state index in [1.165, 1.54) is 0 Å². The summed E-state index contributed by atoms with van der Waals surface area (Å²) in [5.41, 5.74) is 5.16. The number of carboxylic acids is 1. The zero-order valence-corrected chi connectivity index (χ0v) is 7.17. The molecule has 0 aromatic heterocycles. The number of nitrogens with two attached hydrogens (primary N) is 1. The Bertz CT molecular complexity index is 155. The summed E-state index contributed by atoms with van der Waals surface area (Å²) >= 11 is 0. The van der Waals surface area contributed by atoms with Gasteiger partial charge < -0.3 is 10.8 Å². The summed E-state index contributed by atoms with van der Waals surface area (Å²) in [4.78, 5) is 10.5. The minimum absolute atomic E-state index is 0.276. The Hall–Kier alpha value is -0.750. The number of halogens is 2. The molecule has 0 radical (unpaired) electrons. The molecule has 0 spiro atoms. The molecule has 4 N–H and O–H groups in total. The summed E-state index contributed by atoms with van der Waals surface area (Å²) in [6.07, 6.45) is -1.74. The van der Waals surface area contributed by atoms with Crippen molar-refractivity contribution in [2.24, 2.45) is 5.73 Å². The Morgan fingerprint density at radius 2 is 2.15 bits per heavy atom. The van der Waals surface area contributed by atoms with Gasteiger partial charge in [0.15, 0.2) is 0 Å². The van der Waals surface area contributed by atoms with Crippen LogP contribution in [0.1, 0.15) is 12.8 Å². The first-order chi connectivity index (χ1) is 6.07. The van der Waals surface area contributed by atoms with Crippen molar-refractivity contribution in [3.05, 3.63) is 0 Å². The van der Waals surface area contributed by atoms with Gasteiger partial charge in [-0.2, -0.15) is 0 Å². The Labute approximate surface area is 75.1 Å². The molecule has 0 heterocycles. The summed E-state index contributed by atoms with van der Waals surface area (Å²) in [6.45, 7) is -0.234. The van der Waals surface area contributed by atoms with Gasteiger partial charge in [0.1, 0.15) is 6.04 Å². The van der Waals surface area contributed by atoms with Crippen LogP contribution in [0, 0.1) is 0 Å². The molecule has 0 saturated heterocycles.